The van der Waals surface area contributed by atoms with Crippen LogP contribution in [0.1, 0.15) is 23.2 Å². The molecule has 0 unspecified atom stereocenters. The van der Waals surface area contributed by atoms with Crippen molar-refractivity contribution < 1.29 is 10.0 Å². The molecule has 0 fully saturated rings. The highest BCUT2D eigenvalue weighted by Crippen LogP contribution is 2.34. The Balaban J connectivity index is 2.04. The predicted molar refractivity (Wildman–Crippen MR) is 75.1 cm³/mol. The minimum Gasteiger partial charge on any atom is -0.507 e. The third-order valence-corrected chi connectivity index (χ3v) is 3.47. The minimum atomic E-state index is -0.485. The molecule has 1 aliphatic rings. The van der Waals surface area contributed by atoms with Gasteiger partial charge in [-0.3, -0.25) is 10.1 Å². The van der Waals surface area contributed by atoms with Crippen LogP contribution in [-0.2, 0) is 6.42 Å². The highest BCUT2D eigenvalue weighted by atomic mass is 16.6. The lowest BCUT2D eigenvalue weighted by Crippen LogP contribution is -2.05. The Morgan fingerprint density at radius 2 is 1.95 bits per heavy atom. The van der Waals surface area contributed by atoms with Crippen LogP contribution in [0.15, 0.2) is 42.6 Å². The molecule has 1 heterocycles. The maximum Gasteiger partial charge on any atom is 0.287 e. The minimum absolute atomic E-state index is 0.0509. The molecule has 100 valence electrons. The zero-order chi connectivity index (χ0) is 14.1. The Hall–Kier alpha value is -2.69. The maximum atomic E-state index is 10.6. The Morgan fingerprint density at radius 3 is 2.65 bits per heavy atom. The van der Waals surface area contributed by atoms with Crippen LogP contribution >= 0.6 is 0 Å². The van der Waals surface area contributed by atoms with E-state index in [9.17, 15) is 15.2 Å². The van der Waals surface area contributed by atoms with Crippen LogP contribution in [-0.4, -0.2) is 15.0 Å². The Bertz CT molecular complexity index is 705. The number of allylic oxidation sites excluding steroid dienone is 1. The number of benzene rings is 1. The van der Waals surface area contributed by atoms with Crippen molar-refractivity contribution >= 4 is 17.0 Å². The number of aliphatic hydroxyl groups excluding tert-OH is 1. The first-order valence-corrected chi connectivity index (χ1v) is 6.28. The van der Waals surface area contributed by atoms with Crippen molar-refractivity contribution in [2.75, 3.05) is 0 Å². The van der Waals surface area contributed by atoms with Crippen LogP contribution in [0, 0.1) is 10.1 Å². The Morgan fingerprint density at radius 1 is 1.15 bits per heavy atom. The first-order valence-electron chi connectivity index (χ1n) is 6.28. The molecule has 5 heteroatoms. The van der Waals surface area contributed by atoms with Gasteiger partial charge in [0, 0.05) is 17.2 Å². The van der Waals surface area contributed by atoms with E-state index in [1.165, 1.54) is 12.3 Å². The van der Waals surface area contributed by atoms with Gasteiger partial charge in [-0.25, -0.2) is 4.98 Å². The number of pyridine rings is 1. The number of nitro groups is 1. The molecule has 0 atom stereocenters. The quantitative estimate of drug-likeness (QED) is 0.669. The molecule has 0 amide bonds. The number of rotatable bonds is 2. The first kappa shape index (κ1) is 12.3. The summed E-state index contributed by atoms with van der Waals surface area (Å²) in [5.41, 5.74) is 3.19. The lowest BCUT2D eigenvalue weighted by atomic mass is 9.89. The highest BCUT2D eigenvalue weighted by Gasteiger charge is 2.20. The van der Waals surface area contributed by atoms with E-state index in [0.717, 1.165) is 23.1 Å². The van der Waals surface area contributed by atoms with Crippen molar-refractivity contribution in [2.45, 2.75) is 12.8 Å². The predicted octanol–water partition coefficient (Wildman–Crippen LogP) is 3.36. The molecule has 0 saturated carbocycles. The molecule has 0 bridgehead atoms. The van der Waals surface area contributed by atoms with Crippen molar-refractivity contribution in [1.82, 2.24) is 4.98 Å². The van der Waals surface area contributed by atoms with E-state index in [0.29, 0.717) is 12.1 Å². The Kier molecular flexibility index (Phi) is 2.95. The van der Waals surface area contributed by atoms with Gasteiger partial charge in [-0.15, -0.1) is 0 Å². The van der Waals surface area contributed by atoms with E-state index in [1.807, 2.05) is 24.3 Å². The summed E-state index contributed by atoms with van der Waals surface area (Å²) in [5, 5.41) is 21.0. The van der Waals surface area contributed by atoms with E-state index < -0.39 is 4.92 Å². The van der Waals surface area contributed by atoms with Gasteiger partial charge in [0.1, 0.15) is 12.0 Å². The molecule has 0 spiro atoms. The highest BCUT2D eigenvalue weighted by molar-refractivity contribution is 5.88. The van der Waals surface area contributed by atoms with Crippen LogP contribution in [0.2, 0.25) is 0 Å². The van der Waals surface area contributed by atoms with Gasteiger partial charge in [0.05, 0.1) is 10.6 Å². The molecule has 1 aliphatic carbocycles. The molecular weight excluding hydrogens is 256 g/mol. The molecule has 0 aliphatic heterocycles. The second-order valence-corrected chi connectivity index (χ2v) is 4.64. The maximum absolute atomic E-state index is 10.6. The van der Waals surface area contributed by atoms with Gasteiger partial charge in [0.15, 0.2) is 0 Å². The summed E-state index contributed by atoms with van der Waals surface area (Å²) < 4.78 is 0. The molecule has 0 radical (unpaired) electrons. The topological polar surface area (TPSA) is 76.3 Å². The third-order valence-electron chi connectivity index (χ3n) is 3.47. The number of aryl methyl sites for hydroxylation is 1. The van der Waals surface area contributed by atoms with Crippen molar-refractivity contribution in [3.63, 3.8) is 0 Å². The standard InChI is InChI=1S/C15H12N2O3/c18-15-12-4-2-1-3-10(12)5-7-13(15)14-8-6-11(9-16-14)17(19)20/h1-4,6,8-9,18H,5,7H2. The number of fused-ring (bicyclic) bond motifs is 1. The second-order valence-electron chi connectivity index (χ2n) is 4.64. The van der Waals surface area contributed by atoms with Gasteiger partial charge in [-0.1, -0.05) is 24.3 Å². The molecule has 3 rings (SSSR count). The van der Waals surface area contributed by atoms with Crippen molar-refractivity contribution in [1.29, 1.82) is 0 Å². The van der Waals surface area contributed by atoms with Gasteiger partial charge < -0.3 is 5.11 Å². The number of nitrogens with zero attached hydrogens (tertiary/aromatic N) is 2. The summed E-state index contributed by atoms with van der Waals surface area (Å²) in [5.74, 6) is 0.216. The molecule has 1 N–H and O–H groups in total. The molecule has 5 nitrogen and oxygen atoms in total. The van der Waals surface area contributed by atoms with Gasteiger partial charge in [0.25, 0.3) is 5.69 Å². The van der Waals surface area contributed by atoms with Crippen LogP contribution in [0.5, 0.6) is 0 Å². The smallest absolute Gasteiger partial charge is 0.287 e. The van der Waals surface area contributed by atoms with Gasteiger partial charge in [-0.2, -0.15) is 0 Å². The van der Waals surface area contributed by atoms with E-state index in [4.69, 9.17) is 0 Å². The first-order chi connectivity index (χ1) is 9.66. The van der Waals surface area contributed by atoms with Crippen LogP contribution in [0.3, 0.4) is 0 Å². The van der Waals surface area contributed by atoms with Crippen LogP contribution in [0.4, 0.5) is 5.69 Å². The van der Waals surface area contributed by atoms with Crippen molar-refractivity contribution in [3.8, 4) is 0 Å². The van der Waals surface area contributed by atoms with Crippen molar-refractivity contribution in [3.05, 3.63) is 69.5 Å². The summed E-state index contributed by atoms with van der Waals surface area (Å²) in [6.45, 7) is 0. The second kappa shape index (κ2) is 4.77. The monoisotopic (exact) mass is 268 g/mol. The summed E-state index contributed by atoms with van der Waals surface area (Å²) in [7, 11) is 0. The summed E-state index contributed by atoms with van der Waals surface area (Å²) in [6, 6.07) is 10.7. The van der Waals surface area contributed by atoms with Crippen LogP contribution in [0.25, 0.3) is 11.3 Å². The molecule has 20 heavy (non-hydrogen) atoms. The van der Waals surface area contributed by atoms with Gasteiger partial charge >= 0.3 is 0 Å². The number of aromatic nitrogens is 1. The van der Waals surface area contributed by atoms with E-state index in [2.05, 4.69) is 4.98 Å². The zero-order valence-corrected chi connectivity index (χ0v) is 10.6. The average molecular weight is 268 g/mol. The SMILES string of the molecule is O=[N+]([O-])c1ccc(C2=C(O)c3ccccc3CC2)nc1. The van der Waals surface area contributed by atoms with Crippen LogP contribution < -0.4 is 0 Å². The van der Waals surface area contributed by atoms with Gasteiger partial charge in [-0.05, 0) is 24.5 Å². The normalized spacial score (nSPS) is 14.0. The fourth-order valence-corrected chi connectivity index (χ4v) is 2.43. The average Bonchev–Trinajstić information content (AvgIpc) is 2.48. The molecule has 1 aromatic carbocycles. The summed E-state index contributed by atoms with van der Waals surface area (Å²) in [6.07, 6.45) is 2.72. The summed E-state index contributed by atoms with van der Waals surface area (Å²) in [4.78, 5) is 14.2. The molecule has 0 saturated heterocycles. The fourth-order valence-electron chi connectivity index (χ4n) is 2.43. The van der Waals surface area contributed by atoms with E-state index >= 15 is 0 Å². The molecular formula is C15H12N2O3. The molecule has 1 aromatic heterocycles. The lowest BCUT2D eigenvalue weighted by Gasteiger charge is -2.19. The Labute approximate surface area is 115 Å². The zero-order valence-electron chi connectivity index (χ0n) is 10.6. The molecule has 2 aromatic rings. The van der Waals surface area contributed by atoms with Crippen molar-refractivity contribution in [2.24, 2.45) is 0 Å². The lowest BCUT2D eigenvalue weighted by molar-refractivity contribution is -0.385. The van der Waals surface area contributed by atoms with E-state index in [1.54, 1.807) is 6.07 Å². The number of hydrogen-bond acceptors (Lipinski definition) is 4. The fraction of sp³-hybridized carbons (Fsp3) is 0.133. The van der Waals surface area contributed by atoms with Gasteiger partial charge in [0.2, 0.25) is 0 Å². The van der Waals surface area contributed by atoms with E-state index in [-0.39, 0.29) is 11.4 Å². The number of aliphatic hydroxyl groups is 1. The number of hydrogen-bond donors (Lipinski definition) is 1. The largest absolute Gasteiger partial charge is 0.507 e. The summed E-state index contributed by atoms with van der Waals surface area (Å²) >= 11 is 0. The third kappa shape index (κ3) is 2.03.